The van der Waals surface area contributed by atoms with E-state index in [9.17, 15) is 0 Å². The van der Waals surface area contributed by atoms with Crippen molar-refractivity contribution in [3.8, 4) is 0 Å². The maximum absolute atomic E-state index is 4.32. The standard InChI is InChI=1S/C15H28N4/c1-4-16-9-14-7-5-6-8-18(14)11-15-10-17-12-19(15)13(2)3/h10,12-14,16H,4-9,11H2,1-3H3. The van der Waals surface area contributed by atoms with Gasteiger partial charge in [-0.3, -0.25) is 4.90 Å². The van der Waals surface area contributed by atoms with Crippen LogP contribution in [-0.2, 0) is 6.54 Å². The van der Waals surface area contributed by atoms with E-state index < -0.39 is 0 Å². The molecule has 1 unspecified atom stereocenters. The second kappa shape index (κ2) is 7.06. The number of likely N-dealkylation sites (N-methyl/N-ethyl adjacent to an activating group) is 1. The minimum Gasteiger partial charge on any atom is -0.331 e. The highest BCUT2D eigenvalue weighted by atomic mass is 15.2. The van der Waals surface area contributed by atoms with E-state index in [0.717, 1.165) is 19.6 Å². The second-order valence-electron chi connectivity index (χ2n) is 5.81. The first-order valence-electron chi connectivity index (χ1n) is 7.67. The smallest absolute Gasteiger partial charge is 0.0951 e. The number of hydrogen-bond acceptors (Lipinski definition) is 3. The number of aromatic nitrogens is 2. The number of likely N-dealkylation sites (tertiary alicyclic amines) is 1. The minimum absolute atomic E-state index is 0.495. The first-order valence-corrected chi connectivity index (χ1v) is 7.67. The van der Waals surface area contributed by atoms with E-state index in [0.29, 0.717) is 12.1 Å². The average Bonchev–Trinajstić information content (AvgIpc) is 2.86. The Morgan fingerprint density at radius 3 is 3.00 bits per heavy atom. The monoisotopic (exact) mass is 264 g/mol. The van der Waals surface area contributed by atoms with Crippen molar-refractivity contribution in [3.05, 3.63) is 18.2 Å². The van der Waals surface area contributed by atoms with Crippen LogP contribution in [0.2, 0.25) is 0 Å². The lowest BCUT2D eigenvalue weighted by atomic mass is 10.0. The molecule has 0 radical (unpaired) electrons. The van der Waals surface area contributed by atoms with Crippen LogP contribution in [0.25, 0.3) is 0 Å². The topological polar surface area (TPSA) is 33.1 Å². The Labute approximate surface area is 117 Å². The highest BCUT2D eigenvalue weighted by Crippen LogP contribution is 2.20. The van der Waals surface area contributed by atoms with Crippen LogP contribution in [0, 0.1) is 0 Å². The molecule has 0 amide bonds. The Kier molecular flexibility index (Phi) is 5.40. The molecule has 0 aliphatic carbocycles. The van der Waals surface area contributed by atoms with Gasteiger partial charge in [0, 0.05) is 31.4 Å². The zero-order valence-corrected chi connectivity index (χ0v) is 12.6. The van der Waals surface area contributed by atoms with Crippen molar-refractivity contribution in [1.82, 2.24) is 19.8 Å². The van der Waals surface area contributed by atoms with Crippen LogP contribution in [-0.4, -0.2) is 40.1 Å². The largest absolute Gasteiger partial charge is 0.331 e. The van der Waals surface area contributed by atoms with Crippen molar-refractivity contribution < 1.29 is 0 Å². The molecule has 1 N–H and O–H groups in total. The Morgan fingerprint density at radius 1 is 1.42 bits per heavy atom. The Hall–Kier alpha value is -0.870. The van der Waals surface area contributed by atoms with Gasteiger partial charge >= 0.3 is 0 Å². The molecule has 4 heteroatoms. The maximum atomic E-state index is 4.32. The molecule has 1 aromatic rings. The van der Waals surface area contributed by atoms with Crippen LogP contribution in [0.5, 0.6) is 0 Å². The fourth-order valence-electron chi connectivity index (χ4n) is 2.94. The molecule has 2 heterocycles. The third-order valence-electron chi connectivity index (χ3n) is 4.05. The van der Waals surface area contributed by atoms with Crippen molar-refractivity contribution >= 4 is 0 Å². The molecule has 1 fully saturated rings. The number of piperidine rings is 1. The van der Waals surface area contributed by atoms with Gasteiger partial charge in [-0.25, -0.2) is 4.98 Å². The molecule has 0 bridgehead atoms. The van der Waals surface area contributed by atoms with Crippen LogP contribution >= 0.6 is 0 Å². The van der Waals surface area contributed by atoms with Crippen molar-refractivity contribution in [1.29, 1.82) is 0 Å². The Balaban J connectivity index is 2.00. The van der Waals surface area contributed by atoms with Gasteiger partial charge in [-0.15, -0.1) is 0 Å². The Bertz CT molecular complexity index is 372. The molecule has 1 aromatic heterocycles. The fourth-order valence-corrected chi connectivity index (χ4v) is 2.94. The van der Waals surface area contributed by atoms with Gasteiger partial charge in [0.15, 0.2) is 0 Å². The number of rotatable bonds is 6. The first kappa shape index (κ1) is 14.5. The van der Waals surface area contributed by atoms with Crippen molar-refractivity contribution in [2.24, 2.45) is 0 Å². The SMILES string of the molecule is CCNCC1CCCCN1Cc1cncn1C(C)C. The molecule has 1 aliphatic heterocycles. The van der Waals surface area contributed by atoms with E-state index in [4.69, 9.17) is 0 Å². The lowest BCUT2D eigenvalue weighted by Gasteiger charge is -2.36. The first-order chi connectivity index (χ1) is 9.22. The number of hydrogen-bond donors (Lipinski definition) is 1. The van der Waals surface area contributed by atoms with Crippen molar-refractivity contribution in [2.45, 2.75) is 58.7 Å². The molecule has 19 heavy (non-hydrogen) atoms. The summed E-state index contributed by atoms with van der Waals surface area (Å²) in [6, 6.07) is 1.18. The number of nitrogens with one attached hydrogen (secondary N) is 1. The quantitative estimate of drug-likeness (QED) is 0.856. The second-order valence-corrected chi connectivity index (χ2v) is 5.81. The third kappa shape index (κ3) is 3.80. The molecule has 4 nitrogen and oxygen atoms in total. The van der Waals surface area contributed by atoms with Gasteiger partial charge in [-0.1, -0.05) is 13.3 Å². The maximum Gasteiger partial charge on any atom is 0.0951 e. The molecular formula is C15H28N4. The van der Waals surface area contributed by atoms with Crippen LogP contribution in [0.4, 0.5) is 0 Å². The minimum atomic E-state index is 0.495. The normalized spacial score (nSPS) is 21.2. The van der Waals surface area contributed by atoms with E-state index in [-0.39, 0.29) is 0 Å². The predicted octanol–water partition coefficient (Wildman–Crippen LogP) is 2.43. The Morgan fingerprint density at radius 2 is 2.26 bits per heavy atom. The van der Waals surface area contributed by atoms with E-state index in [1.807, 2.05) is 12.5 Å². The summed E-state index contributed by atoms with van der Waals surface area (Å²) in [4.78, 5) is 6.94. The summed E-state index contributed by atoms with van der Waals surface area (Å²) in [5.74, 6) is 0. The predicted molar refractivity (Wildman–Crippen MR) is 79.2 cm³/mol. The summed E-state index contributed by atoms with van der Waals surface area (Å²) in [6.45, 7) is 11.1. The molecule has 108 valence electrons. The van der Waals surface area contributed by atoms with E-state index in [2.05, 4.69) is 40.5 Å². The highest BCUT2D eigenvalue weighted by molar-refractivity contribution is 5.01. The van der Waals surface area contributed by atoms with E-state index in [1.165, 1.54) is 31.5 Å². The van der Waals surface area contributed by atoms with Gasteiger partial charge in [0.2, 0.25) is 0 Å². The van der Waals surface area contributed by atoms with Gasteiger partial charge in [0.05, 0.1) is 12.0 Å². The molecule has 0 aromatic carbocycles. The lowest BCUT2D eigenvalue weighted by Crippen LogP contribution is -2.45. The molecule has 0 spiro atoms. The molecule has 1 atom stereocenters. The molecule has 0 saturated carbocycles. The summed E-state index contributed by atoms with van der Waals surface area (Å²) in [5, 5.41) is 3.50. The molecule has 1 aliphatic rings. The van der Waals surface area contributed by atoms with E-state index >= 15 is 0 Å². The summed E-state index contributed by atoms with van der Waals surface area (Å²) >= 11 is 0. The molecule has 1 saturated heterocycles. The van der Waals surface area contributed by atoms with Gasteiger partial charge < -0.3 is 9.88 Å². The van der Waals surface area contributed by atoms with Crippen LogP contribution < -0.4 is 5.32 Å². The van der Waals surface area contributed by atoms with Crippen molar-refractivity contribution in [3.63, 3.8) is 0 Å². The van der Waals surface area contributed by atoms with Gasteiger partial charge in [-0.05, 0) is 39.8 Å². The lowest BCUT2D eigenvalue weighted by molar-refractivity contribution is 0.134. The van der Waals surface area contributed by atoms with Crippen molar-refractivity contribution in [2.75, 3.05) is 19.6 Å². The zero-order chi connectivity index (χ0) is 13.7. The average molecular weight is 264 g/mol. The number of imidazole rings is 1. The van der Waals surface area contributed by atoms with Gasteiger partial charge in [-0.2, -0.15) is 0 Å². The van der Waals surface area contributed by atoms with Crippen LogP contribution in [0.15, 0.2) is 12.5 Å². The summed E-state index contributed by atoms with van der Waals surface area (Å²) < 4.78 is 2.29. The van der Waals surface area contributed by atoms with Crippen LogP contribution in [0.1, 0.15) is 51.8 Å². The summed E-state index contributed by atoms with van der Waals surface area (Å²) in [7, 11) is 0. The van der Waals surface area contributed by atoms with E-state index in [1.54, 1.807) is 0 Å². The number of nitrogens with zero attached hydrogens (tertiary/aromatic N) is 3. The zero-order valence-electron chi connectivity index (χ0n) is 12.6. The third-order valence-corrected chi connectivity index (χ3v) is 4.05. The fraction of sp³-hybridized carbons (Fsp3) is 0.800. The summed E-state index contributed by atoms with van der Waals surface area (Å²) in [6.07, 6.45) is 8.01. The van der Waals surface area contributed by atoms with Crippen LogP contribution in [0.3, 0.4) is 0 Å². The van der Waals surface area contributed by atoms with Gasteiger partial charge in [0.25, 0.3) is 0 Å². The van der Waals surface area contributed by atoms with Gasteiger partial charge in [0.1, 0.15) is 0 Å². The highest BCUT2D eigenvalue weighted by Gasteiger charge is 2.23. The molecule has 2 rings (SSSR count). The molecular weight excluding hydrogens is 236 g/mol. The summed E-state index contributed by atoms with van der Waals surface area (Å²) in [5.41, 5.74) is 1.35.